The predicted octanol–water partition coefficient (Wildman–Crippen LogP) is 3.98. The Bertz CT molecular complexity index is 926. The molecular formula is C18H12N2O4S4. The lowest BCUT2D eigenvalue weighted by Crippen LogP contribution is -2.39. The third-order valence-electron chi connectivity index (χ3n) is 3.93. The van der Waals surface area contributed by atoms with Crippen LogP contribution in [0.4, 0.5) is 0 Å². The fourth-order valence-corrected chi connectivity index (χ4v) is 5.17. The van der Waals surface area contributed by atoms with E-state index in [0.717, 1.165) is 0 Å². The Kier molecular flexibility index (Phi) is 5.54. The van der Waals surface area contributed by atoms with Gasteiger partial charge in [-0.3, -0.25) is 19.4 Å². The molecule has 0 bridgehead atoms. The molecule has 0 aromatic carbocycles. The second-order valence-electron chi connectivity index (χ2n) is 5.70. The van der Waals surface area contributed by atoms with Crippen molar-refractivity contribution in [3.8, 4) is 0 Å². The van der Waals surface area contributed by atoms with Gasteiger partial charge < -0.3 is 8.83 Å². The van der Waals surface area contributed by atoms with Gasteiger partial charge in [0.15, 0.2) is 0 Å². The van der Waals surface area contributed by atoms with Gasteiger partial charge in [0.05, 0.1) is 22.3 Å². The van der Waals surface area contributed by atoms with E-state index in [1.54, 1.807) is 36.4 Å². The van der Waals surface area contributed by atoms with Gasteiger partial charge in [0.25, 0.3) is 11.8 Å². The summed E-state index contributed by atoms with van der Waals surface area (Å²) in [6.07, 6.45) is 6.39. The van der Waals surface area contributed by atoms with Crippen LogP contribution in [0.15, 0.2) is 55.4 Å². The summed E-state index contributed by atoms with van der Waals surface area (Å²) in [7, 11) is 0. The van der Waals surface area contributed by atoms with Crippen molar-refractivity contribution in [3.63, 3.8) is 0 Å². The van der Waals surface area contributed by atoms with Gasteiger partial charge in [-0.15, -0.1) is 0 Å². The van der Waals surface area contributed by atoms with Crippen LogP contribution in [0.2, 0.25) is 0 Å². The molecule has 4 rings (SSSR count). The lowest BCUT2D eigenvalue weighted by molar-refractivity contribution is -0.125. The van der Waals surface area contributed by atoms with Crippen LogP contribution < -0.4 is 0 Å². The van der Waals surface area contributed by atoms with E-state index in [0.29, 0.717) is 30.0 Å². The maximum Gasteiger partial charge on any atom is 0.266 e. The largest absolute Gasteiger partial charge is 0.465 e. The molecule has 142 valence electrons. The molecule has 2 amide bonds. The normalized spacial score (nSPS) is 20.4. The summed E-state index contributed by atoms with van der Waals surface area (Å²) in [6, 6.07) is 7.02. The fraction of sp³-hybridized carbons (Fsp3) is 0.111. The molecule has 2 aromatic rings. The topological polar surface area (TPSA) is 66.9 Å². The van der Waals surface area contributed by atoms with E-state index in [9.17, 15) is 9.59 Å². The molecule has 2 aliphatic heterocycles. The molecule has 4 heterocycles. The highest BCUT2D eigenvalue weighted by molar-refractivity contribution is 8.27. The van der Waals surface area contributed by atoms with Crippen LogP contribution in [-0.4, -0.2) is 43.3 Å². The van der Waals surface area contributed by atoms with Gasteiger partial charge in [-0.2, -0.15) is 0 Å². The van der Waals surface area contributed by atoms with Crippen molar-refractivity contribution >= 4 is 80.6 Å². The van der Waals surface area contributed by atoms with Crippen LogP contribution in [0.5, 0.6) is 0 Å². The van der Waals surface area contributed by atoms with Crippen LogP contribution in [0.1, 0.15) is 11.5 Å². The van der Waals surface area contributed by atoms with Crippen molar-refractivity contribution in [3.05, 3.63) is 58.1 Å². The summed E-state index contributed by atoms with van der Waals surface area (Å²) in [6.45, 7) is 0.529. The minimum absolute atomic E-state index is 0.206. The van der Waals surface area contributed by atoms with E-state index in [2.05, 4.69) is 0 Å². The minimum Gasteiger partial charge on any atom is -0.465 e. The SMILES string of the molecule is O=C1/C(=C\c2ccco2)SC(=S)N1CCN1C(=O)/C(=C\c2ccco2)SC1=S. The average Bonchev–Trinajstić information content (AvgIpc) is 3.43. The Morgan fingerprint density at radius 1 is 0.821 bits per heavy atom. The Hall–Kier alpha value is -2.14. The molecular weight excluding hydrogens is 436 g/mol. The van der Waals surface area contributed by atoms with Gasteiger partial charge in [0.2, 0.25) is 0 Å². The Morgan fingerprint density at radius 3 is 1.61 bits per heavy atom. The number of furan rings is 2. The van der Waals surface area contributed by atoms with Gasteiger partial charge in [-0.1, -0.05) is 48.0 Å². The lowest BCUT2D eigenvalue weighted by atomic mass is 10.3. The molecule has 0 saturated carbocycles. The molecule has 0 aliphatic carbocycles. The number of nitrogens with zero attached hydrogens (tertiary/aromatic N) is 2. The molecule has 2 aromatic heterocycles. The summed E-state index contributed by atoms with van der Waals surface area (Å²) in [5.74, 6) is 0.756. The maximum absolute atomic E-state index is 12.6. The van der Waals surface area contributed by atoms with E-state index >= 15 is 0 Å². The molecule has 0 unspecified atom stereocenters. The molecule has 0 spiro atoms. The van der Waals surface area contributed by atoms with E-state index < -0.39 is 0 Å². The first-order valence-electron chi connectivity index (χ1n) is 8.10. The quantitative estimate of drug-likeness (QED) is 0.503. The third-order valence-corrected chi connectivity index (χ3v) is 6.68. The maximum atomic E-state index is 12.6. The summed E-state index contributed by atoms with van der Waals surface area (Å²) >= 11 is 13.1. The molecule has 0 atom stereocenters. The van der Waals surface area contributed by atoms with Gasteiger partial charge in [-0.25, -0.2) is 0 Å². The molecule has 2 saturated heterocycles. The first kappa shape index (κ1) is 19.2. The number of carbonyl (C=O) groups is 2. The first-order chi connectivity index (χ1) is 13.5. The number of hydrogen-bond acceptors (Lipinski definition) is 8. The zero-order chi connectivity index (χ0) is 19.7. The van der Waals surface area contributed by atoms with Crippen molar-refractivity contribution in [1.82, 2.24) is 9.80 Å². The van der Waals surface area contributed by atoms with Crippen LogP contribution >= 0.6 is 48.0 Å². The number of amides is 2. The van der Waals surface area contributed by atoms with Crippen LogP contribution in [0.25, 0.3) is 12.2 Å². The zero-order valence-corrected chi connectivity index (χ0v) is 17.5. The Balaban J connectivity index is 1.43. The van der Waals surface area contributed by atoms with E-state index in [1.807, 2.05) is 0 Å². The highest BCUT2D eigenvalue weighted by Crippen LogP contribution is 2.35. The zero-order valence-electron chi connectivity index (χ0n) is 14.2. The van der Waals surface area contributed by atoms with E-state index in [4.69, 9.17) is 33.3 Å². The number of thioether (sulfide) groups is 2. The van der Waals surface area contributed by atoms with Crippen LogP contribution in [0, 0.1) is 0 Å². The summed E-state index contributed by atoms with van der Waals surface area (Å²) in [4.78, 5) is 29.2. The standard InChI is InChI=1S/C18H12N2O4S4/c21-15-13(9-11-3-1-7-23-11)27-17(25)19(15)5-6-20-16(22)14(28-18(20)26)10-12-4-2-8-24-12/h1-4,7-10H,5-6H2/b13-9+,14-10+. The van der Waals surface area contributed by atoms with E-state index in [1.165, 1.54) is 45.8 Å². The smallest absolute Gasteiger partial charge is 0.266 e. The second-order valence-corrected chi connectivity index (χ2v) is 9.05. The number of rotatable bonds is 5. The van der Waals surface area contributed by atoms with Crippen molar-refractivity contribution in [1.29, 1.82) is 0 Å². The van der Waals surface area contributed by atoms with E-state index in [-0.39, 0.29) is 24.9 Å². The van der Waals surface area contributed by atoms with Gasteiger partial charge in [-0.05, 0) is 24.3 Å². The van der Waals surface area contributed by atoms with Crippen LogP contribution in [-0.2, 0) is 9.59 Å². The minimum atomic E-state index is -0.206. The molecule has 10 heteroatoms. The fourth-order valence-electron chi connectivity index (χ4n) is 2.59. The molecule has 2 aliphatic rings. The molecule has 6 nitrogen and oxygen atoms in total. The number of hydrogen-bond donors (Lipinski definition) is 0. The first-order valence-corrected chi connectivity index (χ1v) is 10.6. The van der Waals surface area contributed by atoms with Crippen molar-refractivity contribution in [2.45, 2.75) is 0 Å². The Morgan fingerprint density at radius 2 is 1.25 bits per heavy atom. The summed E-state index contributed by atoms with van der Waals surface area (Å²) < 4.78 is 11.4. The van der Waals surface area contributed by atoms with Gasteiger partial charge >= 0.3 is 0 Å². The molecule has 0 N–H and O–H groups in total. The molecule has 0 radical (unpaired) electrons. The van der Waals surface area contributed by atoms with Crippen molar-refractivity contribution < 1.29 is 18.4 Å². The monoisotopic (exact) mass is 448 g/mol. The summed E-state index contributed by atoms with van der Waals surface area (Å²) in [5, 5.41) is 0. The van der Waals surface area contributed by atoms with Gasteiger partial charge in [0.1, 0.15) is 20.2 Å². The van der Waals surface area contributed by atoms with Gasteiger partial charge in [0, 0.05) is 25.2 Å². The summed E-state index contributed by atoms with van der Waals surface area (Å²) in [5.41, 5.74) is 0. The highest BCUT2D eigenvalue weighted by atomic mass is 32.2. The molecule has 2 fully saturated rings. The second kappa shape index (κ2) is 8.08. The lowest BCUT2D eigenvalue weighted by Gasteiger charge is -2.19. The van der Waals surface area contributed by atoms with Crippen LogP contribution in [0.3, 0.4) is 0 Å². The van der Waals surface area contributed by atoms with Crippen molar-refractivity contribution in [2.75, 3.05) is 13.1 Å². The number of thiocarbonyl (C=S) groups is 2. The third kappa shape index (κ3) is 3.86. The predicted molar refractivity (Wildman–Crippen MR) is 117 cm³/mol. The average molecular weight is 449 g/mol. The van der Waals surface area contributed by atoms with Crippen molar-refractivity contribution in [2.24, 2.45) is 0 Å². The highest BCUT2D eigenvalue weighted by Gasteiger charge is 2.36. The molecule has 28 heavy (non-hydrogen) atoms. The Labute approximate surface area is 179 Å². The number of carbonyl (C=O) groups excluding carboxylic acids is 2.